The monoisotopic (exact) mass is 250 g/mol. The van der Waals surface area contributed by atoms with Crippen LogP contribution in [0.25, 0.3) is 0 Å². The minimum atomic E-state index is -0.324. The molecule has 0 aromatic heterocycles. The van der Waals surface area contributed by atoms with E-state index in [9.17, 15) is 10.1 Å². The molecule has 0 radical (unpaired) electrons. The summed E-state index contributed by atoms with van der Waals surface area (Å²) in [4.78, 5) is 10.5. The maximum Gasteiger partial charge on any atom is 0.273 e. The normalized spacial score (nSPS) is 10.8. The van der Waals surface area contributed by atoms with Crippen LogP contribution in [0.1, 0.15) is 38.7 Å². The van der Waals surface area contributed by atoms with E-state index in [2.05, 4.69) is 19.2 Å². The first-order valence-corrected chi connectivity index (χ1v) is 6.54. The molecule has 0 fully saturated rings. The number of para-hydroxylation sites is 1. The van der Waals surface area contributed by atoms with Crippen molar-refractivity contribution >= 4 is 5.69 Å². The molecule has 0 bridgehead atoms. The second kappa shape index (κ2) is 7.82. The summed E-state index contributed by atoms with van der Waals surface area (Å²) < 4.78 is 0. The van der Waals surface area contributed by atoms with Gasteiger partial charge in [-0.2, -0.15) is 0 Å². The molecule has 0 aliphatic heterocycles. The van der Waals surface area contributed by atoms with Gasteiger partial charge in [-0.3, -0.25) is 10.1 Å². The zero-order valence-electron chi connectivity index (χ0n) is 11.2. The minimum Gasteiger partial charge on any atom is -0.312 e. The maximum absolute atomic E-state index is 10.8. The lowest BCUT2D eigenvalue weighted by molar-refractivity contribution is -0.385. The van der Waals surface area contributed by atoms with Crippen molar-refractivity contribution in [1.82, 2.24) is 5.32 Å². The van der Waals surface area contributed by atoms with Crippen molar-refractivity contribution in [2.75, 3.05) is 6.54 Å². The molecule has 0 heterocycles. The number of hydrogen-bond acceptors (Lipinski definition) is 3. The number of rotatable bonds is 8. The molecule has 4 nitrogen and oxygen atoms in total. The van der Waals surface area contributed by atoms with Gasteiger partial charge < -0.3 is 5.32 Å². The van der Waals surface area contributed by atoms with Crippen LogP contribution in [0.3, 0.4) is 0 Å². The Bertz CT molecular complexity index is 378. The Balaban J connectivity index is 2.29. The number of nitro groups is 1. The van der Waals surface area contributed by atoms with E-state index in [1.54, 1.807) is 18.2 Å². The molecule has 1 rings (SSSR count). The Morgan fingerprint density at radius 3 is 2.67 bits per heavy atom. The summed E-state index contributed by atoms with van der Waals surface area (Å²) in [6.45, 7) is 5.93. The van der Waals surface area contributed by atoms with Crippen LogP contribution in [-0.2, 0) is 6.54 Å². The molecular weight excluding hydrogens is 228 g/mol. The fourth-order valence-corrected chi connectivity index (χ4v) is 1.86. The van der Waals surface area contributed by atoms with Crippen LogP contribution in [0.5, 0.6) is 0 Å². The summed E-state index contributed by atoms with van der Waals surface area (Å²) in [7, 11) is 0. The Hall–Kier alpha value is -1.42. The van der Waals surface area contributed by atoms with Gasteiger partial charge in [-0.15, -0.1) is 0 Å². The predicted molar refractivity (Wildman–Crippen MR) is 73.5 cm³/mol. The zero-order chi connectivity index (χ0) is 13.4. The molecular formula is C14H22N2O2. The van der Waals surface area contributed by atoms with Crippen LogP contribution in [0.2, 0.25) is 0 Å². The van der Waals surface area contributed by atoms with Gasteiger partial charge in [0.05, 0.1) is 4.92 Å². The molecule has 0 unspecified atom stereocenters. The highest BCUT2D eigenvalue weighted by molar-refractivity contribution is 5.39. The summed E-state index contributed by atoms with van der Waals surface area (Å²) in [6, 6.07) is 6.89. The van der Waals surface area contributed by atoms with Crippen LogP contribution in [0.15, 0.2) is 24.3 Å². The van der Waals surface area contributed by atoms with Crippen molar-refractivity contribution < 1.29 is 4.92 Å². The minimum absolute atomic E-state index is 0.201. The molecule has 1 N–H and O–H groups in total. The van der Waals surface area contributed by atoms with Gasteiger partial charge >= 0.3 is 0 Å². The summed E-state index contributed by atoms with van der Waals surface area (Å²) in [5, 5.41) is 14.1. The number of nitrogens with zero attached hydrogens (tertiary/aromatic N) is 1. The number of unbranched alkanes of at least 4 members (excludes halogenated alkanes) is 1. The van der Waals surface area contributed by atoms with E-state index >= 15 is 0 Å². The van der Waals surface area contributed by atoms with Gasteiger partial charge in [-0.25, -0.2) is 0 Å². The van der Waals surface area contributed by atoms with Gasteiger partial charge in [0.15, 0.2) is 0 Å². The Labute approximate surface area is 109 Å². The Kier molecular flexibility index (Phi) is 6.36. The molecule has 1 aromatic rings. The summed E-state index contributed by atoms with van der Waals surface area (Å²) in [6.07, 6.45) is 3.58. The SMILES string of the molecule is CC(C)CCCCNCc1ccccc1[N+](=O)[O-]. The van der Waals surface area contributed by atoms with E-state index in [1.165, 1.54) is 12.8 Å². The molecule has 0 aliphatic rings. The zero-order valence-corrected chi connectivity index (χ0v) is 11.2. The summed E-state index contributed by atoms with van der Waals surface area (Å²) >= 11 is 0. The summed E-state index contributed by atoms with van der Waals surface area (Å²) in [5.74, 6) is 0.750. The van der Waals surface area contributed by atoms with Crippen LogP contribution in [-0.4, -0.2) is 11.5 Å². The molecule has 100 valence electrons. The van der Waals surface area contributed by atoms with Gasteiger partial charge in [0.25, 0.3) is 5.69 Å². The van der Waals surface area contributed by atoms with Crippen molar-refractivity contribution in [1.29, 1.82) is 0 Å². The number of benzene rings is 1. The average Bonchev–Trinajstić information content (AvgIpc) is 2.33. The van der Waals surface area contributed by atoms with Crippen LogP contribution in [0.4, 0.5) is 5.69 Å². The standard InChI is InChI=1S/C14H22N2O2/c1-12(2)7-5-6-10-15-11-13-8-3-4-9-14(13)16(17)18/h3-4,8-9,12,15H,5-7,10-11H2,1-2H3. The molecule has 1 aromatic carbocycles. The smallest absolute Gasteiger partial charge is 0.273 e. The molecule has 0 amide bonds. The van der Waals surface area contributed by atoms with Crippen molar-refractivity contribution in [3.8, 4) is 0 Å². The van der Waals surface area contributed by atoms with Crippen molar-refractivity contribution in [2.45, 2.75) is 39.7 Å². The third-order valence-corrected chi connectivity index (χ3v) is 2.89. The molecule has 0 atom stereocenters. The first-order valence-electron chi connectivity index (χ1n) is 6.54. The molecule has 0 saturated carbocycles. The third-order valence-electron chi connectivity index (χ3n) is 2.89. The third kappa shape index (κ3) is 5.27. The van der Waals surface area contributed by atoms with Gasteiger partial charge in [-0.1, -0.05) is 44.9 Å². The van der Waals surface area contributed by atoms with E-state index in [-0.39, 0.29) is 10.6 Å². The second-order valence-electron chi connectivity index (χ2n) is 4.95. The van der Waals surface area contributed by atoms with E-state index in [4.69, 9.17) is 0 Å². The fraction of sp³-hybridized carbons (Fsp3) is 0.571. The lowest BCUT2D eigenvalue weighted by Crippen LogP contribution is -2.15. The Morgan fingerprint density at radius 2 is 2.00 bits per heavy atom. The van der Waals surface area contributed by atoms with E-state index in [0.29, 0.717) is 6.54 Å². The number of hydrogen-bond donors (Lipinski definition) is 1. The van der Waals surface area contributed by atoms with E-state index < -0.39 is 0 Å². The van der Waals surface area contributed by atoms with E-state index in [1.807, 2.05) is 6.07 Å². The highest BCUT2D eigenvalue weighted by atomic mass is 16.6. The summed E-state index contributed by atoms with van der Waals surface area (Å²) in [5.41, 5.74) is 0.957. The van der Waals surface area contributed by atoms with E-state index in [0.717, 1.165) is 24.4 Å². The second-order valence-corrected chi connectivity index (χ2v) is 4.95. The maximum atomic E-state index is 10.8. The van der Waals surface area contributed by atoms with Crippen LogP contribution in [0, 0.1) is 16.0 Å². The first-order chi connectivity index (χ1) is 8.61. The van der Waals surface area contributed by atoms with Crippen molar-refractivity contribution in [2.24, 2.45) is 5.92 Å². The largest absolute Gasteiger partial charge is 0.312 e. The molecule has 0 spiro atoms. The molecule has 0 aliphatic carbocycles. The molecule has 0 saturated heterocycles. The van der Waals surface area contributed by atoms with Gasteiger partial charge in [0.2, 0.25) is 0 Å². The van der Waals surface area contributed by atoms with Gasteiger partial charge in [-0.05, 0) is 18.9 Å². The predicted octanol–water partition coefficient (Wildman–Crippen LogP) is 3.51. The average molecular weight is 250 g/mol. The first kappa shape index (κ1) is 14.6. The highest BCUT2D eigenvalue weighted by Gasteiger charge is 2.10. The topological polar surface area (TPSA) is 55.2 Å². The van der Waals surface area contributed by atoms with Crippen molar-refractivity contribution in [3.63, 3.8) is 0 Å². The lowest BCUT2D eigenvalue weighted by atomic mass is 10.1. The number of nitro benzene ring substituents is 1. The Morgan fingerprint density at radius 1 is 1.28 bits per heavy atom. The highest BCUT2D eigenvalue weighted by Crippen LogP contribution is 2.17. The van der Waals surface area contributed by atoms with Crippen LogP contribution >= 0.6 is 0 Å². The molecule has 4 heteroatoms. The van der Waals surface area contributed by atoms with Gasteiger partial charge in [0.1, 0.15) is 0 Å². The molecule has 18 heavy (non-hydrogen) atoms. The number of nitrogens with one attached hydrogen (secondary N) is 1. The quantitative estimate of drug-likeness (QED) is 0.436. The fourth-order valence-electron chi connectivity index (χ4n) is 1.86. The van der Waals surface area contributed by atoms with Gasteiger partial charge in [0, 0.05) is 18.2 Å². The van der Waals surface area contributed by atoms with Crippen LogP contribution < -0.4 is 5.32 Å². The van der Waals surface area contributed by atoms with Crippen molar-refractivity contribution in [3.05, 3.63) is 39.9 Å². The lowest BCUT2D eigenvalue weighted by Gasteiger charge is -2.06.